The smallest absolute Gasteiger partial charge is 0.244 e. The van der Waals surface area contributed by atoms with Gasteiger partial charge < -0.3 is 4.90 Å². The molecular formula is C17H19BrN2O2S2. The van der Waals surface area contributed by atoms with E-state index in [9.17, 15) is 8.42 Å². The molecule has 1 aliphatic heterocycles. The third-order valence-electron chi connectivity index (χ3n) is 4.12. The lowest BCUT2D eigenvalue weighted by Crippen LogP contribution is -2.48. The molecule has 2 aromatic carbocycles. The van der Waals surface area contributed by atoms with Gasteiger partial charge in [0.05, 0.1) is 10.6 Å². The highest BCUT2D eigenvalue weighted by Gasteiger charge is 2.30. The fraction of sp³-hybridized carbons (Fsp3) is 0.294. The second-order valence-corrected chi connectivity index (χ2v) is 9.10. The van der Waals surface area contributed by atoms with Crippen LogP contribution in [0.2, 0.25) is 0 Å². The number of halogens is 1. The van der Waals surface area contributed by atoms with Crippen LogP contribution in [0.5, 0.6) is 0 Å². The SMILES string of the molecule is CSc1ccccc1N1CCN(S(=O)(=O)c2ccccc2Br)CC1. The van der Waals surface area contributed by atoms with Gasteiger partial charge in [-0.3, -0.25) is 0 Å². The van der Waals surface area contributed by atoms with Gasteiger partial charge in [0.25, 0.3) is 0 Å². The predicted molar refractivity (Wildman–Crippen MR) is 103 cm³/mol. The normalized spacial score (nSPS) is 16.3. The lowest BCUT2D eigenvalue weighted by molar-refractivity contribution is 0.384. The van der Waals surface area contributed by atoms with Crippen LogP contribution in [0.1, 0.15) is 0 Å². The van der Waals surface area contributed by atoms with Crippen LogP contribution in [-0.4, -0.2) is 45.2 Å². The Balaban J connectivity index is 1.77. The van der Waals surface area contributed by atoms with Gasteiger partial charge >= 0.3 is 0 Å². The third-order valence-corrected chi connectivity index (χ3v) is 7.81. The van der Waals surface area contributed by atoms with Gasteiger partial charge in [-0.25, -0.2) is 8.42 Å². The maximum atomic E-state index is 12.8. The molecule has 0 aromatic heterocycles. The van der Waals surface area contributed by atoms with Crippen LogP contribution in [0.3, 0.4) is 0 Å². The number of piperazine rings is 1. The molecule has 0 bridgehead atoms. The van der Waals surface area contributed by atoms with Crippen molar-refractivity contribution in [2.24, 2.45) is 0 Å². The van der Waals surface area contributed by atoms with Gasteiger partial charge in [-0.05, 0) is 46.5 Å². The Hall–Kier alpha value is -1.02. The Morgan fingerprint density at radius 3 is 2.25 bits per heavy atom. The van der Waals surface area contributed by atoms with Crippen molar-refractivity contribution < 1.29 is 8.42 Å². The monoisotopic (exact) mass is 426 g/mol. The Kier molecular flexibility index (Phi) is 5.54. The summed E-state index contributed by atoms with van der Waals surface area (Å²) in [5.41, 5.74) is 1.18. The molecule has 1 aliphatic rings. The van der Waals surface area contributed by atoms with E-state index >= 15 is 0 Å². The highest BCUT2D eigenvalue weighted by atomic mass is 79.9. The molecular weight excluding hydrogens is 408 g/mol. The molecule has 1 saturated heterocycles. The van der Waals surface area contributed by atoms with Crippen molar-refractivity contribution in [3.63, 3.8) is 0 Å². The molecule has 0 atom stereocenters. The first-order valence-corrected chi connectivity index (χ1v) is 11.1. The van der Waals surface area contributed by atoms with Gasteiger partial charge in [0.15, 0.2) is 0 Å². The molecule has 128 valence electrons. The molecule has 2 aromatic rings. The average molecular weight is 427 g/mol. The molecule has 1 fully saturated rings. The highest BCUT2D eigenvalue weighted by molar-refractivity contribution is 9.10. The number of hydrogen-bond donors (Lipinski definition) is 0. The Morgan fingerprint density at radius 2 is 1.58 bits per heavy atom. The van der Waals surface area contributed by atoms with Crippen molar-refractivity contribution >= 4 is 43.4 Å². The molecule has 0 saturated carbocycles. The summed E-state index contributed by atoms with van der Waals surface area (Å²) in [6.45, 7) is 2.38. The molecule has 0 radical (unpaired) electrons. The summed E-state index contributed by atoms with van der Waals surface area (Å²) >= 11 is 5.06. The minimum Gasteiger partial charge on any atom is -0.368 e. The summed E-state index contributed by atoms with van der Waals surface area (Å²) in [4.78, 5) is 3.82. The standard InChI is InChI=1S/C17H19BrN2O2S2/c1-23-16-8-4-3-7-15(16)19-10-12-20(13-11-19)24(21,22)17-9-5-2-6-14(17)18/h2-9H,10-13H2,1H3. The lowest BCUT2D eigenvalue weighted by atomic mass is 10.2. The summed E-state index contributed by atoms with van der Waals surface area (Å²) in [5.74, 6) is 0. The van der Waals surface area contributed by atoms with Gasteiger partial charge in [-0.15, -0.1) is 11.8 Å². The molecule has 0 N–H and O–H groups in total. The van der Waals surface area contributed by atoms with Crippen LogP contribution in [0.4, 0.5) is 5.69 Å². The molecule has 4 nitrogen and oxygen atoms in total. The summed E-state index contributed by atoms with van der Waals surface area (Å²) < 4.78 is 27.9. The van der Waals surface area contributed by atoms with E-state index in [1.165, 1.54) is 10.6 Å². The Bertz CT molecular complexity index is 819. The zero-order valence-corrected chi connectivity index (χ0v) is 16.6. The zero-order valence-electron chi connectivity index (χ0n) is 13.4. The molecule has 0 unspecified atom stereocenters. The summed E-state index contributed by atoms with van der Waals surface area (Å²) in [6, 6.07) is 15.2. The number of rotatable bonds is 4. The average Bonchev–Trinajstić information content (AvgIpc) is 2.62. The van der Waals surface area contributed by atoms with Crippen LogP contribution >= 0.6 is 27.7 Å². The van der Waals surface area contributed by atoms with E-state index in [1.54, 1.807) is 34.3 Å². The van der Waals surface area contributed by atoms with Gasteiger partial charge in [0, 0.05) is 35.5 Å². The quantitative estimate of drug-likeness (QED) is 0.699. The van der Waals surface area contributed by atoms with Crippen LogP contribution in [-0.2, 0) is 10.0 Å². The van der Waals surface area contributed by atoms with Crippen molar-refractivity contribution in [2.45, 2.75) is 9.79 Å². The van der Waals surface area contributed by atoms with E-state index < -0.39 is 10.0 Å². The van der Waals surface area contributed by atoms with Crippen molar-refractivity contribution in [1.29, 1.82) is 0 Å². The molecule has 7 heteroatoms. The number of sulfonamides is 1. The van der Waals surface area contributed by atoms with Gasteiger partial charge in [-0.1, -0.05) is 24.3 Å². The van der Waals surface area contributed by atoms with E-state index in [0.29, 0.717) is 35.5 Å². The molecule has 0 spiro atoms. The molecule has 0 amide bonds. The predicted octanol–water partition coefficient (Wildman–Crippen LogP) is 3.68. The fourth-order valence-electron chi connectivity index (χ4n) is 2.85. The van der Waals surface area contributed by atoms with Crippen molar-refractivity contribution in [2.75, 3.05) is 37.3 Å². The number of anilines is 1. The largest absolute Gasteiger partial charge is 0.368 e. The van der Waals surface area contributed by atoms with Crippen molar-refractivity contribution in [3.05, 3.63) is 53.0 Å². The first-order chi connectivity index (χ1) is 11.5. The minimum absolute atomic E-state index is 0.336. The van der Waals surface area contributed by atoms with Gasteiger partial charge in [-0.2, -0.15) is 4.31 Å². The number of para-hydroxylation sites is 1. The Morgan fingerprint density at radius 1 is 0.958 bits per heavy atom. The molecule has 3 rings (SSSR count). The first kappa shape index (κ1) is 17.8. The minimum atomic E-state index is -3.46. The third kappa shape index (κ3) is 3.49. The van der Waals surface area contributed by atoms with E-state index in [1.807, 2.05) is 18.2 Å². The summed E-state index contributed by atoms with van der Waals surface area (Å²) in [7, 11) is -3.46. The summed E-state index contributed by atoms with van der Waals surface area (Å²) in [6.07, 6.45) is 2.06. The second-order valence-electron chi connectivity index (χ2n) is 5.49. The second kappa shape index (κ2) is 7.47. The first-order valence-electron chi connectivity index (χ1n) is 7.66. The van der Waals surface area contributed by atoms with Crippen LogP contribution in [0.25, 0.3) is 0 Å². The molecule has 1 heterocycles. The van der Waals surface area contributed by atoms with Crippen LogP contribution < -0.4 is 4.90 Å². The maximum absolute atomic E-state index is 12.8. The molecule has 24 heavy (non-hydrogen) atoms. The van der Waals surface area contributed by atoms with E-state index in [2.05, 4.69) is 39.2 Å². The van der Waals surface area contributed by atoms with E-state index in [0.717, 1.165) is 0 Å². The topological polar surface area (TPSA) is 40.6 Å². The maximum Gasteiger partial charge on any atom is 0.244 e. The van der Waals surface area contributed by atoms with Gasteiger partial charge in [0.1, 0.15) is 0 Å². The highest BCUT2D eigenvalue weighted by Crippen LogP contribution is 2.30. The number of benzene rings is 2. The number of hydrogen-bond acceptors (Lipinski definition) is 4. The lowest BCUT2D eigenvalue weighted by Gasteiger charge is -2.36. The van der Waals surface area contributed by atoms with Crippen LogP contribution in [0.15, 0.2) is 62.8 Å². The van der Waals surface area contributed by atoms with Crippen molar-refractivity contribution in [1.82, 2.24) is 4.31 Å². The summed E-state index contributed by atoms with van der Waals surface area (Å²) in [5, 5.41) is 0. The van der Waals surface area contributed by atoms with E-state index in [4.69, 9.17) is 0 Å². The van der Waals surface area contributed by atoms with Crippen LogP contribution in [0, 0.1) is 0 Å². The number of nitrogens with zero attached hydrogens (tertiary/aromatic N) is 2. The van der Waals surface area contributed by atoms with Gasteiger partial charge in [0.2, 0.25) is 10.0 Å². The molecule has 0 aliphatic carbocycles. The zero-order chi connectivity index (χ0) is 17.2. The van der Waals surface area contributed by atoms with Crippen molar-refractivity contribution in [3.8, 4) is 0 Å². The number of thioether (sulfide) groups is 1. The Labute approximate surface area is 156 Å². The fourth-order valence-corrected chi connectivity index (χ4v) is 5.86. The van der Waals surface area contributed by atoms with E-state index in [-0.39, 0.29) is 0 Å².